The van der Waals surface area contributed by atoms with Gasteiger partial charge in [-0.25, -0.2) is 14.6 Å². The van der Waals surface area contributed by atoms with Gasteiger partial charge in [0.2, 0.25) is 0 Å². The number of para-hydroxylation sites is 1. The summed E-state index contributed by atoms with van der Waals surface area (Å²) in [5, 5.41) is 6.13. The minimum atomic E-state index is -1.29. The number of cyclic esters (lactones) is 2. The van der Waals surface area contributed by atoms with Gasteiger partial charge >= 0.3 is 11.9 Å². The maximum atomic E-state index is 12.5. The van der Waals surface area contributed by atoms with Crippen molar-refractivity contribution in [1.82, 2.24) is 4.98 Å². The number of nitrogens with one attached hydrogen (secondary N) is 2. The van der Waals surface area contributed by atoms with E-state index in [1.807, 2.05) is 24.3 Å². The summed E-state index contributed by atoms with van der Waals surface area (Å²) in [5.41, 5.74) is 1.59. The first-order valence-corrected chi connectivity index (χ1v) is 9.83. The molecule has 1 aliphatic rings. The molecule has 4 rings (SSSR count). The molecule has 8 nitrogen and oxygen atoms in total. The van der Waals surface area contributed by atoms with Crippen LogP contribution in [0, 0.1) is 0 Å². The topological polar surface area (TPSA) is 107 Å². The predicted molar refractivity (Wildman–Crippen MR) is 112 cm³/mol. The summed E-state index contributed by atoms with van der Waals surface area (Å²) >= 11 is 1.40. The number of anilines is 2. The van der Waals surface area contributed by atoms with Crippen LogP contribution in [-0.2, 0) is 19.1 Å². The van der Waals surface area contributed by atoms with Crippen molar-refractivity contribution in [3.05, 3.63) is 65.9 Å². The Kier molecular flexibility index (Phi) is 4.96. The molecule has 2 heterocycles. The first kappa shape index (κ1) is 19.6. The first-order valence-electron chi connectivity index (χ1n) is 9.01. The van der Waals surface area contributed by atoms with Crippen molar-refractivity contribution >= 4 is 50.2 Å². The normalized spacial score (nSPS) is 15.3. The SMILES string of the molecule is CC1(C)OC(=O)C(=CNc2ccc(C(=O)Nc3nc4ccccc4s3)cc2)C(=O)O1. The number of benzene rings is 2. The van der Waals surface area contributed by atoms with Crippen LogP contribution in [0.3, 0.4) is 0 Å². The summed E-state index contributed by atoms with van der Waals surface area (Å²) in [7, 11) is 0. The summed E-state index contributed by atoms with van der Waals surface area (Å²) in [5.74, 6) is -3.11. The molecule has 1 amide bonds. The van der Waals surface area contributed by atoms with Crippen LogP contribution >= 0.6 is 11.3 Å². The Morgan fingerprint density at radius 2 is 1.70 bits per heavy atom. The van der Waals surface area contributed by atoms with Crippen molar-refractivity contribution < 1.29 is 23.9 Å². The lowest BCUT2D eigenvalue weighted by Crippen LogP contribution is -2.42. The fourth-order valence-corrected chi connectivity index (χ4v) is 3.61. The molecule has 2 aromatic carbocycles. The van der Waals surface area contributed by atoms with Gasteiger partial charge in [0.1, 0.15) is 0 Å². The van der Waals surface area contributed by atoms with E-state index in [4.69, 9.17) is 9.47 Å². The predicted octanol–water partition coefficient (Wildman–Crippen LogP) is 3.68. The number of fused-ring (bicyclic) bond motifs is 1. The van der Waals surface area contributed by atoms with Crippen molar-refractivity contribution in [3.63, 3.8) is 0 Å². The summed E-state index contributed by atoms with van der Waals surface area (Å²) < 4.78 is 11.0. The van der Waals surface area contributed by atoms with Gasteiger partial charge in [-0.15, -0.1) is 0 Å². The molecule has 0 unspecified atom stereocenters. The highest BCUT2D eigenvalue weighted by molar-refractivity contribution is 7.22. The molecular formula is C21H17N3O5S. The van der Waals surface area contributed by atoms with E-state index in [-0.39, 0.29) is 11.5 Å². The number of thiazole rings is 1. The van der Waals surface area contributed by atoms with E-state index in [1.54, 1.807) is 24.3 Å². The molecule has 0 aliphatic carbocycles. The molecule has 3 aromatic rings. The molecule has 30 heavy (non-hydrogen) atoms. The summed E-state index contributed by atoms with van der Waals surface area (Å²) in [6, 6.07) is 14.2. The van der Waals surface area contributed by atoms with E-state index in [9.17, 15) is 14.4 Å². The summed E-state index contributed by atoms with van der Waals surface area (Å²) in [4.78, 5) is 40.7. The molecule has 1 fully saturated rings. The molecule has 1 aliphatic heterocycles. The number of amides is 1. The Bertz CT molecular complexity index is 1130. The van der Waals surface area contributed by atoms with Gasteiger partial charge in [-0.3, -0.25) is 10.1 Å². The quantitative estimate of drug-likeness (QED) is 0.374. The van der Waals surface area contributed by atoms with Crippen LogP contribution in [0.25, 0.3) is 10.2 Å². The Morgan fingerprint density at radius 3 is 2.37 bits per heavy atom. The van der Waals surface area contributed by atoms with Crippen molar-refractivity contribution in [1.29, 1.82) is 0 Å². The van der Waals surface area contributed by atoms with Gasteiger partial charge < -0.3 is 14.8 Å². The van der Waals surface area contributed by atoms with Gasteiger partial charge in [0.15, 0.2) is 10.7 Å². The average molecular weight is 423 g/mol. The van der Waals surface area contributed by atoms with Crippen molar-refractivity contribution in [2.24, 2.45) is 0 Å². The number of nitrogens with zero attached hydrogens (tertiary/aromatic N) is 1. The van der Waals surface area contributed by atoms with Crippen molar-refractivity contribution in [3.8, 4) is 0 Å². The minimum Gasteiger partial charge on any atom is -0.419 e. The van der Waals surface area contributed by atoms with E-state index in [1.165, 1.54) is 31.4 Å². The third kappa shape index (κ3) is 4.15. The minimum absolute atomic E-state index is 0.244. The van der Waals surface area contributed by atoms with Gasteiger partial charge in [0.25, 0.3) is 11.7 Å². The zero-order valence-corrected chi connectivity index (χ0v) is 16.9. The second-order valence-electron chi connectivity index (χ2n) is 6.90. The molecule has 1 saturated heterocycles. The van der Waals surface area contributed by atoms with Gasteiger partial charge in [-0.1, -0.05) is 23.5 Å². The number of hydrogen-bond acceptors (Lipinski definition) is 8. The fourth-order valence-electron chi connectivity index (χ4n) is 2.75. The number of aromatic nitrogens is 1. The lowest BCUT2D eigenvalue weighted by Gasteiger charge is -2.29. The average Bonchev–Trinajstić information content (AvgIpc) is 3.09. The third-order valence-electron chi connectivity index (χ3n) is 4.16. The molecule has 0 radical (unpaired) electrons. The second-order valence-corrected chi connectivity index (χ2v) is 7.93. The maximum absolute atomic E-state index is 12.5. The molecule has 152 valence electrons. The van der Waals surface area contributed by atoms with Gasteiger partial charge in [-0.2, -0.15) is 0 Å². The molecule has 0 atom stereocenters. The molecule has 2 N–H and O–H groups in total. The molecule has 1 aromatic heterocycles. The van der Waals surface area contributed by atoms with Gasteiger partial charge in [0, 0.05) is 31.3 Å². The highest BCUT2D eigenvalue weighted by Gasteiger charge is 2.38. The van der Waals surface area contributed by atoms with Gasteiger partial charge in [0.05, 0.1) is 10.2 Å². The molecule has 9 heteroatoms. The Hall–Kier alpha value is -3.72. The summed E-state index contributed by atoms with van der Waals surface area (Å²) in [6.07, 6.45) is 1.22. The zero-order chi connectivity index (χ0) is 21.3. The monoisotopic (exact) mass is 423 g/mol. The molecular weight excluding hydrogens is 406 g/mol. The van der Waals surface area contributed by atoms with Crippen LogP contribution in [0.1, 0.15) is 24.2 Å². The van der Waals surface area contributed by atoms with Crippen LogP contribution in [0.4, 0.5) is 10.8 Å². The van der Waals surface area contributed by atoms with Crippen LogP contribution in [-0.4, -0.2) is 28.6 Å². The number of ether oxygens (including phenoxy) is 2. The number of rotatable bonds is 4. The lowest BCUT2D eigenvalue weighted by atomic mass is 10.2. The number of hydrogen-bond donors (Lipinski definition) is 2. The standard InChI is InChI=1S/C21H17N3O5S/c1-21(2)28-18(26)14(19(27)29-21)11-22-13-9-7-12(8-10-13)17(25)24-20-23-15-5-3-4-6-16(15)30-20/h3-11,22H,1-2H3,(H,23,24,25). The van der Waals surface area contributed by atoms with Crippen molar-refractivity contribution in [2.45, 2.75) is 19.6 Å². The summed E-state index contributed by atoms with van der Waals surface area (Å²) in [6.45, 7) is 2.95. The maximum Gasteiger partial charge on any atom is 0.350 e. The molecule has 0 spiro atoms. The Morgan fingerprint density at radius 1 is 1.03 bits per heavy atom. The Labute approximate surface area is 175 Å². The first-order chi connectivity index (χ1) is 14.3. The van der Waals surface area contributed by atoms with Gasteiger partial charge in [-0.05, 0) is 36.4 Å². The third-order valence-corrected chi connectivity index (χ3v) is 5.11. The van der Waals surface area contributed by atoms with E-state index in [0.29, 0.717) is 16.4 Å². The lowest BCUT2D eigenvalue weighted by molar-refractivity contribution is -0.222. The van der Waals surface area contributed by atoms with Crippen LogP contribution in [0.15, 0.2) is 60.3 Å². The smallest absolute Gasteiger partial charge is 0.350 e. The van der Waals surface area contributed by atoms with E-state index in [2.05, 4.69) is 15.6 Å². The number of carbonyl (C=O) groups excluding carboxylic acids is 3. The van der Waals surface area contributed by atoms with Crippen LogP contribution < -0.4 is 10.6 Å². The molecule has 0 bridgehead atoms. The zero-order valence-electron chi connectivity index (χ0n) is 16.1. The highest BCUT2D eigenvalue weighted by Crippen LogP contribution is 2.26. The molecule has 0 saturated carbocycles. The van der Waals surface area contributed by atoms with Crippen molar-refractivity contribution in [2.75, 3.05) is 10.6 Å². The second kappa shape index (κ2) is 7.60. The largest absolute Gasteiger partial charge is 0.419 e. The Balaban J connectivity index is 1.42. The van der Waals surface area contributed by atoms with E-state index in [0.717, 1.165) is 10.2 Å². The van der Waals surface area contributed by atoms with E-state index >= 15 is 0 Å². The number of carbonyl (C=O) groups is 3. The fraction of sp³-hybridized carbons (Fsp3) is 0.143. The highest BCUT2D eigenvalue weighted by atomic mass is 32.1. The van der Waals surface area contributed by atoms with E-state index < -0.39 is 17.7 Å². The number of esters is 2. The van der Waals surface area contributed by atoms with Crippen LogP contribution in [0.5, 0.6) is 0 Å². The van der Waals surface area contributed by atoms with Crippen LogP contribution in [0.2, 0.25) is 0 Å².